The number of amides is 1. The number of nitrogens with one attached hydrogen (secondary N) is 1. The van der Waals surface area contributed by atoms with Crippen molar-refractivity contribution in [3.8, 4) is 11.1 Å². The Balaban J connectivity index is 2.01. The second kappa shape index (κ2) is 8.33. The summed E-state index contributed by atoms with van der Waals surface area (Å²) in [5.74, 6) is -1.53. The van der Waals surface area contributed by atoms with Crippen molar-refractivity contribution >= 4 is 39.8 Å². The lowest BCUT2D eigenvalue weighted by atomic mass is 10.0. The van der Waals surface area contributed by atoms with Crippen molar-refractivity contribution in [1.82, 2.24) is 0 Å². The van der Waals surface area contributed by atoms with Crippen LogP contribution in [0.25, 0.3) is 11.1 Å². The summed E-state index contributed by atoms with van der Waals surface area (Å²) in [5.41, 5.74) is 1.58. The minimum Gasteiger partial charge on any atom is -0.462 e. The Morgan fingerprint density at radius 2 is 1.93 bits per heavy atom. The standard InChI is InChI=1S/C20H15ClFNO3S/c1-2-26-20(25)17-14(13-8-9-15(21)16(22)10-13)11-27-19(17)23-18(24)12-6-4-3-5-7-12/h3-11H,2H2,1H3,(H,23,24). The van der Waals surface area contributed by atoms with E-state index in [-0.39, 0.29) is 23.1 Å². The van der Waals surface area contributed by atoms with E-state index in [0.717, 1.165) is 0 Å². The molecule has 3 aromatic rings. The van der Waals surface area contributed by atoms with Gasteiger partial charge in [0, 0.05) is 16.5 Å². The van der Waals surface area contributed by atoms with Crippen molar-refractivity contribution in [2.75, 3.05) is 11.9 Å². The molecule has 0 bridgehead atoms. The molecule has 0 aliphatic heterocycles. The Labute approximate surface area is 164 Å². The Bertz CT molecular complexity index is 988. The number of carbonyl (C=O) groups is 2. The van der Waals surface area contributed by atoms with Crippen LogP contribution in [0.4, 0.5) is 9.39 Å². The highest BCUT2D eigenvalue weighted by atomic mass is 35.5. The van der Waals surface area contributed by atoms with Crippen LogP contribution in [0, 0.1) is 5.82 Å². The molecule has 0 aliphatic rings. The van der Waals surface area contributed by atoms with E-state index in [9.17, 15) is 14.0 Å². The molecule has 1 heterocycles. The summed E-state index contributed by atoms with van der Waals surface area (Å²) in [6.45, 7) is 1.86. The molecule has 7 heteroatoms. The summed E-state index contributed by atoms with van der Waals surface area (Å²) in [7, 11) is 0. The molecule has 0 aliphatic carbocycles. The van der Waals surface area contributed by atoms with Crippen molar-refractivity contribution < 1.29 is 18.7 Å². The number of benzene rings is 2. The van der Waals surface area contributed by atoms with E-state index in [0.29, 0.717) is 21.7 Å². The monoisotopic (exact) mass is 403 g/mol. The van der Waals surface area contributed by atoms with Gasteiger partial charge in [-0.2, -0.15) is 0 Å². The van der Waals surface area contributed by atoms with E-state index in [1.54, 1.807) is 48.7 Å². The molecule has 1 N–H and O–H groups in total. The summed E-state index contributed by atoms with van der Waals surface area (Å²) >= 11 is 6.91. The third-order valence-electron chi connectivity index (χ3n) is 3.76. The first-order valence-corrected chi connectivity index (χ1v) is 9.37. The van der Waals surface area contributed by atoms with Crippen molar-refractivity contribution in [3.63, 3.8) is 0 Å². The number of thiophene rings is 1. The van der Waals surface area contributed by atoms with Crippen LogP contribution >= 0.6 is 22.9 Å². The minimum atomic E-state index is -0.593. The minimum absolute atomic E-state index is 0.00994. The van der Waals surface area contributed by atoms with Crippen molar-refractivity contribution in [2.45, 2.75) is 6.92 Å². The van der Waals surface area contributed by atoms with E-state index in [1.807, 2.05) is 0 Å². The quantitative estimate of drug-likeness (QED) is 0.561. The van der Waals surface area contributed by atoms with E-state index in [4.69, 9.17) is 16.3 Å². The van der Waals surface area contributed by atoms with E-state index >= 15 is 0 Å². The van der Waals surface area contributed by atoms with Crippen LogP contribution in [0.2, 0.25) is 5.02 Å². The highest BCUT2D eigenvalue weighted by Crippen LogP contribution is 2.37. The van der Waals surface area contributed by atoms with Crippen LogP contribution in [0.3, 0.4) is 0 Å². The Morgan fingerprint density at radius 3 is 2.59 bits per heavy atom. The summed E-state index contributed by atoms with van der Waals surface area (Å²) in [6.07, 6.45) is 0. The fourth-order valence-electron chi connectivity index (χ4n) is 2.50. The van der Waals surface area contributed by atoms with Crippen LogP contribution in [0.15, 0.2) is 53.9 Å². The van der Waals surface area contributed by atoms with Gasteiger partial charge in [0.05, 0.1) is 11.6 Å². The molecule has 0 radical (unpaired) electrons. The largest absolute Gasteiger partial charge is 0.462 e. The number of hydrogen-bond acceptors (Lipinski definition) is 4. The number of anilines is 1. The van der Waals surface area contributed by atoms with E-state index < -0.39 is 11.8 Å². The molecule has 0 spiro atoms. The van der Waals surface area contributed by atoms with Gasteiger partial charge in [0.2, 0.25) is 0 Å². The Morgan fingerprint density at radius 1 is 1.19 bits per heavy atom. The zero-order chi connectivity index (χ0) is 19.4. The first-order valence-electron chi connectivity index (χ1n) is 8.11. The number of esters is 1. The molecule has 1 amide bonds. The van der Waals surface area contributed by atoms with Crippen LogP contribution in [0.5, 0.6) is 0 Å². The molecule has 0 unspecified atom stereocenters. The van der Waals surface area contributed by atoms with Crippen molar-refractivity contribution in [1.29, 1.82) is 0 Å². The van der Waals surface area contributed by atoms with Gasteiger partial charge in [0.25, 0.3) is 5.91 Å². The zero-order valence-electron chi connectivity index (χ0n) is 14.3. The average molecular weight is 404 g/mol. The highest BCUT2D eigenvalue weighted by molar-refractivity contribution is 7.15. The fraction of sp³-hybridized carbons (Fsp3) is 0.100. The van der Waals surface area contributed by atoms with Gasteiger partial charge in [-0.1, -0.05) is 35.9 Å². The number of carbonyl (C=O) groups excluding carboxylic acids is 2. The zero-order valence-corrected chi connectivity index (χ0v) is 15.9. The lowest BCUT2D eigenvalue weighted by Gasteiger charge is -2.09. The number of halogens is 2. The second-order valence-corrected chi connectivity index (χ2v) is 6.81. The maximum absolute atomic E-state index is 13.9. The molecule has 0 saturated heterocycles. The molecule has 4 nitrogen and oxygen atoms in total. The smallest absolute Gasteiger partial charge is 0.341 e. The molecule has 1 aromatic heterocycles. The van der Waals surface area contributed by atoms with Gasteiger partial charge in [0.1, 0.15) is 16.4 Å². The van der Waals surface area contributed by atoms with E-state index in [1.165, 1.54) is 23.5 Å². The molecule has 3 rings (SSSR count). The number of hydrogen-bond donors (Lipinski definition) is 1. The first-order chi connectivity index (χ1) is 13.0. The normalized spacial score (nSPS) is 10.5. The van der Waals surface area contributed by atoms with Crippen LogP contribution in [-0.4, -0.2) is 18.5 Å². The Kier molecular flexibility index (Phi) is 5.88. The van der Waals surface area contributed by atoms with Crippen LogP contribution in [-0.2, 0) is 4.74 Å². The summed E-state index contributed by atoms with van der Waals surface area (Å²) in [4.78, 5) is 25.0. The molecule has 2 aromatic carbocycles. The van der Waals surface area contributed by atoms with Crippen molar-refractivity contribution in [2.24, 2.45) is 0 Å². The van der Waals surface area contributed by atoms with Gasteiger partial charge in [0.15, 0.2) is 0 Å². The fourth-order valence-corrected chi connectivity index (χ4v) is 3.57. The van der Waals surface area contributed by atoms with Gasteiger partial charge in [-0.25, -0.2) is 9.18 Å². The van der Waals surface area contributed by atoms with Gasteiger partial charge >= 0.3 is 5.97 Å². The molecule has 138 valence electrons. The maximum Gasteiger partial charge on any atom is 0.341 e. The Hall–Kier alpha value is -2.70. The predicted octanol–water partition coefficient (Wildman–Crippen LogP) is 5.64. The summed E-state index contributed by atoms with van der Waals surface area (Å²) < 4.78 is 19.0. The van der Waals surface area contributed by atoms with Crippen LogP contribution < -0.4 is 5.32 Å². The maximum atomic E-state index is 13.9. The highest BCUT2D eigenvalue weighted by Gasteiger charge is 2.23. The number of ether oxygens (including phenoxy) is 1. The second-order valence-electron chi connectivity index (χ2n) is 5.52. The van der Waals surface area contributed by atoms with Crippen molar-refractivity contribution in [3.05, 3.63) is 75.9 Å². The molecule has 0 atom stereocenters. The predicted molar refractivity (Wildman–Crippen MR) is 105 cm³/mol. The molecular formula is C20H15ClFNO3S. The van der Waals surface area contributed by atoms with Gasteiger partial charge in [-0.3, -0.25) is 4.79 Å². The van der Waals surface area contributed by atoms with Crippen LogP contribution in [0.1, 0.15) is 27.6 Å². The van der Waals surface area contributed by atoms with Gasteiger partial charge < -0.3 is 10.1 Å². The molecular weight excluding hydrogens is 389 g/mol. The SMILES string of the molecule is CCOC(=O)c1c(-c2ccc(Cl)c(F)c2)csc1NC(=O)c1ccccc1. The average Bonchev–Trinajstić information content (AvgIpc) is 3.08. The third-order valence-corrected chi connectivity index (χ3v) is 4.97. The summed E-state index contributed by atoms with van der Waals surface area (Å²) in [6, 6.07) is 12.9. The van der Waals surface area contributed by atoms with Gasteiger partial charge in [-0.15, -0.1) is 11.3 Å². The third kappa shape index (κ3) is 4.18. The molecule has 27 heavy (non-hydrogen) atoms. The first kappa shape index (κ1) is 19.1. The number of rotatable bonds is 5. The molecule has 0 fully saturated rings. The van der Waals surface area contributed by atoms with E-state index in [2.05, 4.69) is 5.32 Å². The molecule has 0 saturated carbocycles. The lowest BCUT2D eigenvalue weighted by Crippen LogP contribution is -2.14. The van der Waals surface area contributed by atoms with Gasteiger partial charge in [-0.05, 0) is 36.8 Å². The summed E-state index contributed by atoms with van der Waals surface area (Å²) in [5, 5.41) is 4.75. The lowest BCUT2D eigenvalue weighted by molar-refractivity contribution is 0.0529. The topological polar surface area (TPSA) is 55.4 Å².